The molecule has 5 rings (SSSR count). The van der Waals surface area contributed by atoms with Gasteiger partial charge in [0, 0.05) is 18.7 Å². The van der Waals surface area contributed by atoms with Crippen LogP contribution in [0.5, 0.6) is 5.75 Å². The number of nitrogens with one attached hydrogen (secondary N) is 2. The molecule has 0 fully saturated rings. The lowest BCUT2D eigenvalue weighted by Crippen LogP contribution is -2.36. The van der Waals surface area contributed by atoms with Gasteiger partial charge in [-0.25, -0.2) is 13.4 Å². The SMILES string of the molecule is COc1cccc2sc(NNC(=O)c3ccc(S(=O)(=O)N4CCc5ccccc5C4)cc3)nc12. The van der Waals surface area contributed by atoms with Crippen molar-refractivity contribution in [3.63, 3.8) is 0 Å². The van der Waals surface area contributed by atoms with E-state index in [1.54, 1.807) is 7.11 Å². The minimum absolute atomic E-state index is 0.162. The number of hydrogen-bond acceptors (Lipinski definition) is 7. The summed E-state index contributed by atoms with van der Waals surface area (Å²) < 4.78 is 34.0. The predicted octanol–water partition coefficient (Wildman–Crippen LogP) is 3.81. The van der Waals surface area contributed by atoms with Crippen LogP contribution in [-0.2, 0) is 23.0 Å². The number of methoxy groups -OCH3 is 1. The Morgan fingerprint density at radius 2 is 1.79 bits per heavy atom. The van der Waals surface area contributed by atoms with Gasteiger partial charge in [-0.15, -0.1) is 0 Å². The number of thiazole rings is 1. The fraction of sp³-hybridized carbons (Fsp3) is 0.167. The summed E-state index contributed by atoms with van der Waals surface area (Å²) in [6.07, 6.45) is 0.680. The first-order valence-electron chi connectivity index (χ1n) is 10.6. The lowest BCUT2D eigenvalue weighted by Gasteiger charge is -2.28. The fourth-order valence-corrected chi connectivity index (χ4v) is 6.18. The maximum Gasteiger partial charge on any atom is 0.269 e. The zero-order valence-corrected chi connectivity index (χ0v) is 19.9. The number of carbonyl (C=O) groups is 1. The quantitative estimate of drug-likeness (QED) is 0.396. The third kappa shape index (κ3) is 4.23. The fourth-order valence-electron chi connectivity index (χ4n) is 3.93. The van der Waals surface area contributed by atoms with Gasteiger partial charge < -0.3 is 4.74 Å². The molecular formula is C24H22N4O4S2. The molecule has 1 aliphatic rings. The normalized spacial score (nSPS) is 13.9. The Balaban J connectivity index is 1.26. The van der Waals surface area contributed by atoms with Crippen LogP contribution in [0.25, 0.3) is 10.2 Å². The van der Waals surface area contributed by atoms with Crippen molar-refractivity contribution in [2.45, 2.75) is 17.9 Å². The van der Waals surface area contributed by atoms with Gasteiger partial charge in [-0.05, 0) is 53.9 Å². The van der Waals surface area contributed by atoms with E-state index in [1.807, 2.05) is 42.5 Å². The second-order valence-corrected chi connectivity index (χ2v) is 10.8. The van der Waals surface area contributed by atoms with E-state index in [4.69, 9.17) is 4.74 Å². The van der Waals surface area contributed by atoms with Gasteiger partial charge in [0.1, 0.15) is 11.3 Å². The van der Waals surface area contributed by atoms with Gasteiger partial charge in [-0.1, -0.05) is 41.7 Å². The summed E-state index contributed by atoms with van der Waals surface area (Å²) in [5, 5.41) is 0.512. The Labute approximate surface area is 201 Å². The van der Waals surface area contributed by atoms with Crippen LogP contribution in [0.3, 0.4) is 0 Å². The average molecular weight is 495 g/mol. The molecule has 0 spiro atoms. The van der Waals surface area contributed by atoms with E-state index in [0.29, 0.717) is 41.5 Å². The summed E-state index contributed by atoms with van der Waals surface area (Å²) in [5.41, 5.74) is 8.66. The molecule has 8 nitrogen and oxygen atoms in total. The van der Waals surface area contributed by atoms with Crippen molar-refractivity contribution in [2.75, 3.05) is 19.1 Å². The number of benzene rings is 3. The van der Waals surface area contributed by atoms with Crippen LogP contribution in [0, 0.1) is 0 Å². The number of carbonyl (C=O) groups excluding carboxylic acids is 1. The molecule has 1 aromatic heterocycles. The highest BCUT2D eigenvalue weighted by Gasteiger charge is 2.28. The van der Waals surface area contributed by atoms with Gasteiger partial charge in [0.05, 0.1) is 16.7 Å². The molecule has 0 saturated heterocycles. The van der Waals surface area contributed by atoms with Crippen LogP contribution in [0.1, 0.15) is 21.5 Å². The number of hydrogen-bond donors (Lipinski definition) is 2. The van der Waals surface area contributed by atoms with Crippen LogP contribution >= 0.6 is 11.3 Å². The first-order chi connectivity index (χ1) is 16.5. The summed E-state index contributed by atoms with van der Waals surface area (Å²) in [4.78, 5) is 17.2. The molecule has 2 N–H and O–H groups in total. The first kappa shape index (κ1) is 22.3. The molecule has 3 aromatic carbocycles. The molecule has 0 saturated carbocycles. The maximum absolute atomic E-state index is 13.1. The second kappa shape index (κ2) is 9.05. The highest BCUT2D eigenvalue weighted by Crippen LogP contribution is 2.31. The number of hydrazine groups is 1. The lowest BCUT2D eigenvalue weighted by molar-refractivity contribution is 0.0962. The molecule has 4 aromatic rings. The third-order valence-corrected chi connectivity index (χ3v) is 8.53. The van der Waals surface area contributed by atoms with Crippen LogP contribution in [0.4, 0.5) is 5.13 Å². The van der Waals surface area contributed by atoms with E-state index in [1.165, 1.54) is 45.5 Å². The van der Waals surface area contributed by atoms with Crippen LogP contribution in [-0.4, -0.2) is 37.3 Å². The van der Waals surface area contributed by atoms with Crippen molar-refractivity contribution in [1.29, 1.82) is 0 Å². The standard InChI is InChI=1S/C24H22N4O4S2/c1-32-20-7-4-8-21-22(20)25-24(33-21)27-26-23(29)17-9-11-19(12-10-17)34(30,31)28-14-13-16-5-2-3-6-18(16)15-28/h2-12H,13-15H2,1H3,(H,25,27)(H,26,29). The Morgan fingerprint density at radius 3 is 2.56 bits per heavy atom. The first-order valence-corrected chi connectivity index (χ1v) is 12.9. The smallest absolute Gasteiger partial charge is 0.269 e. The third-order valence-electron chi connectivity index (χ3n) is 5.73. The van der Waals surface area contributed by atoms with Crippen LogP contribution in [0.15, 0.2) is 71.6 Å². The van der Waals surface area contributed by atoms with E-state index < -0.39 is 15.9 Å². The maximum atomic E-state index is 13.1. The number of fused-ring (bicyclic) bond motifs is 2. The number of sulfonamides is 1. The van der Waals surface area contributed by atoms with E-state index in [9.17, 15) is 13.2 Å². The summed E-state index contributed by atoms with van der Waals surface area (Å²) in [6.45, 7) is 0.774. The van der Waals surface area contributed by atoms with Gasteiger partial charge in [0.25, 0.3) is 5.91 Å². The van der Waals surface area contributed by atoms with Gasteiger partial charge >= 0.3 is 0 Å². The monoisotopic (exact) mass is 494 g/mol. The zero-order chi connectivity index (χ0) is 23.7. The molecule has 0 unspecified atom stereocenters. The number of nitrogens with zero attached hydrogens (tertiary/aromatic N) is 2. The predicted molar refractivity (Wildman–Crippen MR) is 131 cm³/mol. The molecule has 0 aliphatic carbocycles. The van der Waals surface area contributed by atoms with Crippen molar-refractivity contribution >= 4 is 42.6 Å². The van der Waals surface area contributed by atoms with Gasteiger partial charge in [-0.2, -0.15) is 4.31 Å². The number of ether oxygens (including phenoxy) is 1. The van der Waals surface area contributed by atoms with E-state index in [0.717, 1.165) is 10.3 Å². The Hall–Kier alpha value is -3.47. The number of anilines is 1. The Kier molecular flexibility index (Phi) is 5.94. The molecule has 1 amide bonds. The summed E-state index contributed by atoms with van der Waals surface area (Å²) >= 11 is 1.38. The van der Waals surface area contributed by atoms with Gasteiger partial charge in [0.15, 0.2) is 0 Å². The topological polar surface area (TPSA) is 101 Å². The molecule has 0 radical (unpaired) electrons. The minimum atomic E-state index is -3.66. The van der Waals surface area contributed by atoms with Gasteiger partial charge in [-0.3, -0.25) is 15.6 Å². The number of rotatable bonds is 6. The Morgan fingerprint density at radius 1 is 1.03 bits per heavy atom. The summed E-state index contributed by atoms with van der Waals surface area (Å²) in [7, 11) is -2.08. The highest BCUT2D eigenvalue weighted by atomic mass is 32.2. The molecule has 174 valence electrons. The number of para-hydroxylation sites is 1. The molecule has 0 atom stereocenters. The molecule has 2 heterocycles. The van der Waals surface area contributed by atoms with E-state index >= 15 is 0 Å². The Bertz CT molecular complexity index is 1470. The molecule has 0 bridgehead atoms. The van der Waals surface area contributed by atoms with Crippen molar-refractivity contribution < 1.29 is 17.9 Å². The lowest BCUT2D eigenvalue weighted by atomic mass is 10.0. The molecular weight excluding hydrogens is 472 g/mol. The highest BCUT2D eigenvalue weighted by molar-refractivity contribution is 7.89. The molecule has 1 aliphatic heterocycles. The number of amides is 1. The van der Waals surface area contributed by atoms with E-state index in [2.05, 4.69) is 15.8 Å². The zero-order valence-electron chi connectivity index (χ0n) is 18.3. The van der Waals surface area contributed by atoms with Crippen molar-refractivity contribution in [3.05, 3.63) is 83.4 Å². The van der Waals surface area contributed by atoms with Crippen molar-refractivity contribution in [1.82, 2.24) is 14.7 Å². The summed E-state index contributed by atoms with van der Waals surface area (Å²) in [5.74, 6) is 0.254. The summed E-state index contributed by atoms with van der Waals surface area (Å²) in [6, 6.07) is 19.4. The van der Waals surface area contributed by atoms with Crippen molar-refractivity contribution in [3.8, 4) is 5.75 Å². The number of aromatic nitrogens is 1. The largest absolute Gasteiger partial charge is 0.494 e. The van der Waals surface area contributed by atoms with E-state index in [-0.39, 0.29) is 4.90 Å². The minimum Gasteiger partial charge on any atom is -0.494 e. The van der Waals surface area contributed by atoms with Gasteiger partial charge in [0.2, 0.25) is 15.2 Å². The average Bonchev–Trinajstić information content (AvgIpc) is 3.30. The van der Waals surface area contributed by atoms with Crippen LogP contribution < -0.4 is 15.6 Å². The molecule has 34 heavy (non-hydrogen) atoms. The van der Waals surface area contributed by atoms with Crippen molar-refractivity contribution in [2.24, 2.45) is 0 Å². The van der Waals surface area contributed by atoms with Crippen LogP contribution in [0.2, 0.25) is 0 Å². The second-order valence-electron chi connectivity index (χ2n) is 7.79. The molecule has 10 heteroatoms.